The van der Waals surface area contributed by atoms with Gasteiger partial charge in [-0.05, 0) is 31.0 Å². The standard InChI is InChI=1S/C21H21F2N3O4/c22-14-2-3-15(16(23)12-14)18(27)13-5-8-26(9-6-13)21(28)25-17-4-7-24-20-19(17)29-10-1-11-30-20/h2-4,7,12-13H,1,5-6,8-11H2,(H,24,25,28). The van der Waals surface area contributed by atoms with Gasteiger partial charge >= 0.3 is 6.03 Å². The largest absolute Gasteiger partial charge is 0.486 e. The first-order valence-corrected chi connectivity index (χ1v) is 9.82. The summed E-state index contributed by atoms with van der Waals surface area (Å²) in [5.41, 5.74) is 0.356. The van der Waals surface area contributed by atoms with Crippen LogP contribution in [0.3, 0.4) is 0 Å². The van der Waals surface area contributed by atoms with Crippen molar-refractivity contribution in [3.05, 3.63) is 47.7 Å². The van der Waals surface area contributed by atoms with Crippen molar-refractivity contribution >= 4 is 17.5 Å². The number of hydrogen-bond donors (Lipinski definition) is 1. The molecule has 1 N–H and O–H groups in total. The van der Waals surface area contributed by atoms with Gasteiger partial charge in [-0.2, -0.15) is 0 Å². The van der Waals surface area contributed by atoms with Gasteiger partial charge in [0.15, 0.2) is 5.78 Å². The van der Waals surface area contributed by atoms with Gasteiger partial charge in [0.2, 0.25) is 5.75 Å². The van der Waals surface area contributed by atoms with Gasteiger partial charge in [0.05, 0.1) is 24.5 Å². The molecule has 1 aromatic carbocycles. The van der Waals surface area contributed by atoms with Crippen LogP contribution < -0.4 is 14.8 Å². The van der Waals surface area contributed by atoms with Crippen LogP contribution in [-0.4, -0.2) is 48.0 Å². The van der Waals surface area contributed by atoms with Crippen molar-refractivity contribution in [2.75, 3.05) is 31.6 Å². The van der Waals surface area contributed by atoms with E-state index in [1.165, 1.54) is 12.3 Å². The minimum atomic E-state index is -0.860. The number of piperidine rings is 1. The molecule has 1 saturated heterocycles. The normalized spacial score (nSPS) is 16.7. The highest BCUT2D eigenvalue weighted by Gasteiger charge is 2.30. The molecule has 30 heavy (non-hydrogen) atoms. The van der Waals surface area contributed by atoms with E-state index in [-0.39, 0.29) is 17.4 Å². The van der Waals surface area contributed by atoms with E-state index < -0.39 is 17.6 Å². The van der Waals surface area contributed by atoms with Gasteiger partial charge in [-0.1, -0.05) is 0 Å². The number of carbonyl (C=O) groups excluding carboxylic acids is 2. The second kappa shape index (κ2) is 8.64. The van der Waals surface area contributed by atoms with Gasteiger partial charge in [0, 0.05) is 37.7 Å². The zero-order valence-corrected chi connectivity index (χ0v) is 16.2. The maximum atomic E-state index is 13.9. The van der Waals surface area contributed by atoms with Gasteiger partial charge in [-0.25, -0.2) is 18.6 Å². The van der Waals surface area contributed by atoms with E-state index in [1.807, 2.05) is 0 Å². The highest BCUT2D eigenvalue weighted by Crippen LogP contribution is 2.35. The van der Waals surface area contributed by atoms with Crippen LogP contribution in [0.1, 0.15) is 29.6 Å². The number of fused-ring (bicyclic) bond motifs is 1. The van der Waals surface area contributed by atoms with Gasteiger partial charge in [-0.15, -0.1) is 0 Å². The zero-order valence-electron chi connectivity index (χ0n) is 16.2. The number of anilines is 1. The lowest BCUT2D eigenvalue weighted by molar-refractivity contribution is 0.0855. The van der Waals surface area contributed by atoms with Crippen LogP contribution in [0, 0.1) is 17.6 Å². The fourth-order valence-electron chi connectivity index (χ4n) is 3.62. The average molecular weight is 417 g/mol. The third-order valence-corrected chi connectivity index (χ3v) is 5.24. The molecule has 2 amide bonds. The molecule has 1 aromatic heterocycles. The fourth-order valence-corrected chi connectivity index (χ4v) is 3.62. The van der Waals surface area contributed by atoms with Crippen molar-refractivity contribution in [3.63, 3.8) is 0 Å². The number of rotatable bonds is 3. The summed E-state index contributed by atoms with van der Waals surface area (Å²) in [7, 11) is 0. The van der Waals surface area contributed by atoms with Crippen LogP contribution in [0.4, 0.5) is 19.3 Å². The summed E-state index contributed by atoms with van der Waals surface area (Å²) in [6.07, 6.45) is 3.06. The summed E-state index contributed by atoms with van der Waals surface area (Å²) < 4.78 is 38.2. The number of Topliss-reactive ketones (excluding diaryl/α,β-unsaturated/α-hetero) is 1. The van der Waals surface area contributed by atoms with E-state index >= 15 is 0 Å². The van der Waals surface area contributed by atoms with Gasteiger partial charge in [0.25, 0.3) is 5.88 Å². The molecule has 4 rings (SSSR count). The molecule has 0 spiro atoms. The number of ether oxygens (including phenoxy) is 2. The van der Waals surface area contributed by atoms with E-state index in [0.717, 1.165) is 12.5 Å². The Morgan fingerprint density at radius 3 is 2.63 bits per heavy atom. The second-order valence-corrected chi connectivity index (χ2v) is 7.22. The molecule has 158 valence electrons. The van der Waals surface area contributed by atoms with Crippen molar-refractivity contribution in [3.8, 4) is 11.6 Å². The van der Waals surface area contributed by atoms with Gasteiger partial charge < -0.3 is 19.7 Å². The number of aromatic nitrogens is 1. The molecule has 2 aliphatic rings. The predicted molar refractivity (Wildman–Crippen MR) is 104 cm³/mol. The molecular weight excluding hydrogens is 396 g/mol. The quantitative estimate of drug-likeness (QED) is 0.771. The van der Waals surface area contributed by atoms with Crippen molar-refractivity contribution in [1.29, 1.82) is 0 Å². The van der Waals surface area contributed by atoms with Crippen LogP contribution in [0.15, 0.2) is 30.5 Å². The van der Waals surface area contributed by atoms with Crippen molar-refractivity contribution in [1.82, 2.24) is 9.88 Å². The van der Waals surface area contributed by atoms with Crippen LogP contribution in [0.25, 0.3) is 0 Å². The maximum Gasteiger partial charge on any atom is 0.321 e. The van der Waals surface area contributed by atoms with E-state index in [1.54, 1.807) is 11.0 Å². The average Bonchev–Trinajstić information content (AvgIpc) is 3.00. The maximum absolute atomic E-state index is 13.9. The molecule has 0 saturated carbocycles. The Morgan fingerprint density at radius 2 is 1.87 bits per heavy atom. The SMILES string of the molecule is O=C(c1ccc(F)cc1F)C1CCN(C(=O)Nc2ccnc3c2OCCCO3)CC1. The van der Waals surface area contributed by atoms with Crippen molar-refractivity contribution in [2.45, 2.75) is 19.3 Å². The summed E-state index contributed by atoms with van der Waals surface area (Å²) >= 11 is 0. The number of benzene rings is 1. The molecule has 3 heterocycles. The Kier molecular flexibility index (Phi) is 5.78. The molecule has 0 bridgehead atoms. The van der Waals surface area contributed by atoms with Crippen LogP contribution >= 0.6 is 0 Å². The monoisotopic (exact) mass is 417 g/mol. The number of halogens is 2. The molecule has 2 aliphatic heterocycles. The Hall–Kier alpha value is -3.23. The number of pyridine rings is 1. The van der Waals surface area contributed by atoms with E-state index in [9.17, 15) is 18.4 Å². The number of urea groups is 1. The second-order valence-electron chi connectivity index (χ2n) is 7.22. The summed E-state index contributed by atoms with van der Waals surface area (Å²) in [4.78, 5) is 31.0. The number of nitrogens with one attached hydrogen (secondary N) is 1. The summed E-state index contributed by atoms with van der Waals surface area (Å²) in [6, 6.07) is 4.26. The number of hydrogen-bond acceptors (Lipinski definition) is 5. The molecule has 1 fully saturated rings. The zero-order chi connectivity index (χ0) is 21.1. The summed E-state index contributed by atoms with van der Waals surface area (Å²) in [5.74, 6) is -1.61. The lowest BCUT2D eigenvalue weighted by Gasteiger charge is -2.31. The number of nitrogens with zero attached hydrogens (tertiary/aromatic N) is 2. The summed E-state index contributed by atoms with van der Waals surface area (Å²) in [5, 5.41) is 2.81. The molecule has 0 aliphatic carbocycles. The van der Waals surface area contributed by atoms with Crippen LogP contribution in [0.2, 0.25) is 0 Å². The smallest absolute Gasteiger partial charge is 0.321 e. The first kappa shape index (κ1) is 20.1. The minimum Gasteiger partial charge on any atom is -0.486 e. The van der Waals surface area contributed by atoms with Crippen LogP contribution in [0.5, 0.6) is 11.6 Å². The first-order chi connectivity index (χ1) is 14.5. The number of amides is 2. The lowest BCUT2D eigenvalue weighted by Crippen LogP contribution is -2.42. The van der Waals surface area contributed by atoms with E-state index in [2.05, 4.69) is 10.3 Å². The Balaban J connectivity index is 1.38. The molecule has 2 aromatic rings. The van der Waals surface area contributed by atoms with Gasteiger partial charge in [-0.3, -0.25) is 4.79 Å². The van der Waals surface area contributed by atoms with E-state index in [4.69, 9.17) is 9.47 Å². The molecule has 9 heteroatoms. The number of likely N-dealkylation sites (tertiary alicyclic amines) is 1. The highest BCUT2D eigenvalue weighted by atomic mass is 19.1. The molecule has 0 radical (unpaired) electrons. The van der Waals surface area contributed by atoms with Crippen molar-refractivity contribution in [2.24, 2.45) is 5.92 Å². The summed E-state index contributed by atoms with van der Waals surface area (Å²) in [6.45, 7) is 1.65. The Morgan fingerprint density at radius 1 is 1.10 bits per heavy atom. The van der Waals surface area contributed by atoms with Crippen LogP contribution in [-0.2, 0) is 0 Å². The third-order valence-electron chi connectivity index (χ3n) is 5.24. The first-order valence-electron chi connectivity index (χ1n) is 9.82. The number of carbonyl (C=O) groups is 2. The molecule has 0 atom stereocenters. The topological polar surface area (TPSA) is 80.8 Å². The van der Waals surface area contributed by atoms with Gasteiger partial charge in [0.1, 0.15) is 11.6 Å². The highest BCUT2D eigenvalue weighted by molar-refractivity contribution is 5.98. The molecule has 7 nitrogen and oxygen atoms in total. The lowest BCUT2D eigenvalue weighted by atomic mass is 9.89. The Bertz CT molecular complexity index is 961. The predicted octanol–water partition coefficient (Wildman–Crippen LogP) is 3.65. The number of ketones is 1. The fraction of sp³-hybridized carbons (Fsp3) is 0.381. The minimum absolute atomic E-state index is 0.115. The molecular formula is C21H21F2N3O4. The third kappa shape index (κ3) is 4.19. The van der Waals surface area contributed by atoms with E-state index in [0.29, 0.717) is 62.5 Å². The Labute approximate surface area is 172 Å². The molecule has 0 unspecified atom stereocenters. The van der Waals surface area contributed by atoms with Crippen molar-refractivity contribution < 1.29 is 27.8 Å².